The maximum atomic E-state index is 12.5. The number of anilines is 1. The number of carbonyl (C=O) groups is 1. The van der Waals surface area contributed by atoms with Crippen LogP contribution in [0.5, 0.6) is 0 Å². The standard InChI is InChI=1S/C16H22N4O6S.ClH/c1-27(24,25)12-2-3-13(14(10-12)20(22)23)18-5-7-19(8-6-18)16(21)15-11-17-4-9-26-15;/h2-3,10,15,17H,4-9,11H2,1H3;1H. The molecule has 0 aliphatic carbocycles. The minimum atomic E-state index is -3.53. The summed E-state index contributed by atoms with van der Waals surface area (Å²) in [6.45, 7) is 3.39. The van der Waals surface area contributed by atoms with Gasteiger partial charge >= 0.3 is 0 Å². The van der Waals surface area contributed by atoms with E-state index in [1.807, 2.05) is 0 Å². The average Bonchev–Trinajstić information content (AvgIpc) is 2.67. The summed E-state index contributed by atoms with van der Waals surface area (Å²) in [7, 11) is -3.53. The smallest absolute Gasteiger partial charge is 0.293 e. The fourth-order valence-electron chi connectivity index (χ4n) is 3.24. The van der Waals surface area contributed by atoms with Gasteiger partial charge in [-0.1, -0.05) is 0 Å². The number of hydrogen-bond acceptors (Lipinski definition) is 8. The zero-order valence-electron chi connectivity index (χ0n) is 15.4. The van der Waals surface area contributed by atoms with E-state index in [4.69, 9.17) is 4.74 Å². The molecule has 156 valence electrons. The van der Waals surface area contributed by atoms with Gasteiger partial charge < -0.3 is 19.9 Å². The Bertz CT molecular complexity index is 836. The average molecular weight is 435 g/mol. The molecule has 0 aromatic heterocycles. The lowest BCUT2D eigenvalue weighted by atomic mass is 10.2. The van der Waals surface area contributed by atoms with Crippen molar-refractivity contribution in [2.45, 2.75) is 11.0 Å². The number of amides is 1. The SMILES string of the molecule is CS(=O)(=O)c1ccc(N2CCN(C(=O)C3CNCCO3)CC2)c([N+](=O)[O-])c1.Cl. The highest BCUT2D eigenvalue weighted by Crippen LogP contribution is 2.31. The summed E-state index contributed by atoms with van der Waals surface area (Å²) in [5.74, 6) is -0.0798. The molecule has 1 amide bonds. The van der Waals surface area contributed by atoms with Gasteiger partial charge in [0.15, 0.2) is 9.84 Å². The number of nitro groups is 1. The van der Waals surface area contributed by atoms with E-state index >= 15 is 0 Å². The Balaban J connectivity index is 0.00000280. The molecule has 12 heteroatoms. The van der Waals surface area contributed by atoms with Crippen LogP contribution < -0.4 is 10.2 Å². The molecule has 2 saturated heterocycles. The molecule has 2 fully saturated rings. The summed E-state index contributed by atoms with van der Waals surface area (Å²) in [6.07, 6.45) is 0.520. The summed E-state index contributed by atoms with van der Waals surface area (Å²) in [6, 6.07) is 3.92. The molecule has 1 unspecified atom stereocenters. The Morgan fingerprint density at radius 3 is 2.50 bits per heavy atom. The second-order valence-electron chi connectivity index (χ2n) is 6.56. The van der Waals surface area contributed by atoms with Crippen LogP contribution in [0.25, 0.3) is 0 Å². The van der Waals surface area contributed by atoms with Crippen molar-refractivity contribution in [2.24, 2.45) is 0 Å². The van der Waals surface area contributed by atoms with Gasteiger partial charge in [-0.15, -0.1) is 12.4 Å². The lowest BCUT2D eigenvalue weighted by Crippen LogP contribution is -2.55. The highest BCUT2D eigenvalue weighted by molar-refractivity contribution is 7.90. The first-order valence-electron chi connectivity index (χ1n) is 8.62. The molecule has 10 nitrogen and oxygen atoms in total. The summed E-state index contributed by atoms with van der Waals surface area (Å²) in [5, 5.41) is 14.5. The van der Waals surface area contributed by atoms with Gasteiger partial charge in [0.1, 0.15) is 11.8 Å². The number of ether oxygens (including phenoxy) is 1. The number of morpholine rings is 1. The fraction of sp³-hybridized carbons (Fsp3) is 0.562. The Kier molecular flexibility index (Phi) is 7.21. The van der Waals surface area contributed by atoms with Crippen LogP contribution in [0.4, 0.5) is 11.4 Å². The van der Waals surface area contributed by atoms with Crippen molar-refractivity contribution in [2.75, 3.05) is 57.0 Å². The molecular weight excluding hydrogens is 412 g/mol. The number of hydrogen-bond donors (Lipinski definition) is 1. The van der Waals surface area contributed by atoms with Crippen LogP contribution in [0.15, 0.2) is 23.1 Å². The zero-order chi connectivity index (χ0) is 19.6. The Morgan fingerprint density at radius 1 is 1.29 bits per heavy atom. The fourth-order valence-corrected chi connectivity index (χ4v) is 3.88. The molecular formula is C16H23ClN4O6S. The first-order chi connectivity index (χ1) is 12.8. The summed E-state index contributed by atoms with van der Waals surface area (Å²) in [4.78, 5) is 26.7. The van der Waals surface area contributed by atoms with Crippen LogP contribution in [0, 0.1) is 10.1 Å². The number of halogens is 1. The lowest BCUT2D eigenvalue weighted by molar-refractivity contribution is -0.384. The zero-order valence-corrected chi connectivity index (χ0v) is 17.0. The first kappa shape index (κ1) is 22.3. The van der Waals surface area contributed by atoms with Gasteiger partial charge in [-0.25, -0.2) is 8.42 Å². The second-order valence-corrected chi connectivity index (χ2v) is 8.57. The number of nitrogens with one attached hydrogen (secondary N) is 1. The van der Waals surface area contributed by atoms with Gasteiger partial charge in [-0.3, -0.25) is 14.9 Å². The van der Waals surface area contributed by atoms with Crippen molar-refractivity contribution in [3.63, 3.8) is 0 Å². The number of carbonyl (C=O) groups excluding carboxylic acids is 1. The van der Waals surface area contributed by atoms with Crippen LogP contribution in [-0.4, -0.2) is 82.4 Å². The molecule has 1 aromatic rings. The molecule has 0 bridgehead atoms. The Labute approximate surface area is 169 Å². The second kappa shape index (κ2) is 9.03. The van der Waals surface area contributed by atoms with Gasteiger partial charge in [0.25, 0.3) is 11.6 Å². The molecule has 0 spiro atoms. The number of nitrogens with zero attached hydrogens (tertiary/aromatic N) is 3. The lowest BCUT2D eigenvalue weighted by Gasteiger charge is -2.37. The van der Waals surface area contributed by atoms with Gasteiger partial charge in [0.2, 0.25) is 0 Å². The predicted molar refractivity (Wildman–Crippen MR) is 105 cm³/mol. The predicted octanol–water partition coefficient (Wildman–Crippen LogP) is 0.0571. The Hall–Kier alpha value is -1.95. The number of sulfone groups is 1. The molecule has 0 radical (unpaired) electrons. The third-order valence-electron chi connectivity index (χ3n) is 4.71. The van der Waals surface area contributed by atoms with E-state index in [1.165, 1.54) is 12.1 Å². The minimum absolute atomic E-state index is 0. The van der Waals surface area contributed by atoms with Gasteiger partial charge in [-0.05, 0) is 12.1 Å². The number of nitro benzene ring substituents is 1. The first-order valence-corrected chi connectivity index (χ1v) is 10.5. The third kappa shape index (κ3) is 4.90. The van der Waals surface area contributed by atoms with E-state index in [9.17, 15) is 23.3 Å². The summed E-state index contributed by atoms with van der Waals surface area (Å²) in [5.41, 5.74) is 0.104. The van der Waals surface area contributed by atoms with Crippen LogP contribution in [0.3, 0.4) is 0 Å². The molecule has 2 aliphatic rings. The quantitative estimate of drug-likeness (QED) is 0.521. The molecule has 28 heavy (non-hydrogen) atoms. The van der Waals surface area contributed by atoms with E-state index in [1.54, 1.807) is 9.80 Å². The number of rotatable bonds is 4. The van der Waals surface area contributed by atoms with Crippen molar-refractivity contribution in [1.82, 2.24) is 10.2 Å². The van der Waals surface area contributed by atoms with Gasteiger partial charge in [0.05, 0.1) is 16.4 Å². The Morgan fingerprint density at radius 2 is 1.96 bits per heavy atom. The van der Waals surface area contributed by atoms with Crippen molar-refractivity contribution in [3.8, 4) is 0 Å². The molecule has 0 saturated carbocycles. The highest BCUT2D eigenvalue weighted by atomic mass is 35.5. The summed E-state index contributed by atoms with van der Waals surface area (Å²) >= 11 is 0. The van der Waals surface area contributed by atoms with Crippen LogP contribution in [0.2, 0.25) is 0 Å². The highest BCUT2D eigenvalue weighted by Gasteiger charge is 2.31. The van der Waals surface area contributed by atoms with E-state index < -0.39 is 20.9 Å². The van der Waals surface area contributed by atoms with E-state index in [0.717, 1.165) is 18.9 Å². The minimum Gasteiger partial charge on any atom is -0.366 e. The molecule has 2 aliphatic heterocycles. The maximum Gasteiger partial charge on any atom is 0.293 e. The van der Waals surface area contributed by atoms with Gasteiger partial charge in [0, 0.05) is 51.6 Å². The third-order valence-corrected chi connectivity index (χ3v) is 5.82. The van der Waals surface area contributed by atoms with Gasteiger partial charge in [-0.2, -0.15) is 0 Å². The monoisotopic (exact) mass is 434 g/mol. The van der Waals surface area contributed by atoms with Crippen molar-refractivity contribution < 1.29 is 22.9 Å². The van der Waals surface area contributed by atoms with Crippen molar-refractivity contribution in [3.05, 3.63) is 28.3 Å². The van der Waals surface area contributed by atoms with E-state index in [2.05, 4.69) is 5.32 Å². The number of piperazine rings is 1. The molecule has 2 heterocycles. The van der Waals surface area contributed by atoms with Crippen LogP contribution in [0.1, 0.15) is 0 Å². The van der Waals surface area contributed by atoms with Crippen molar-refractivity contribution >= 4 is 39.5 Å². The van der Waals surface area contributed by atoms with Crippen molar-refractivity contribution in [1.29, 1.82) is 0 Å². The summed E-state index contributed by atoms with van der Waals surface area (Å²) < 4.78 is 28.8. The molecule has 1 atom stereocenters. The van der Waals surface area contributed by atoms with Crippen LogP contribution in [-0.2, 0) is 19.4 Å². The van der Waals surface area contributed by atoms with Crippen LogP contribution >= 0.6 is 12.4 Å². The maximum absolute atomic E-state index is 12.5. The topological polar surface area (TPSA) is 122 Å². The largest absolute Gasteiger partial charge is 0.366 e. The molecule has 1 N–H and O–H groups in total. The normalized spacial score (nSPS) is 20.4. The van der Waals surface area contributed by atoms with E-state index in [-0.39, 0.29) is 28.9 Å². The van der Waals surface area contributed by atoms with E-state index in [0.29, 0.717) is 45.0 Å². The number of benzene rings is 1. The molecule has 1 aromatic carbocycles. The molecule has 3 rings (SSSR count).